The lowest BCUT2D eigenvalue weighted by Gasteiger charge is -2.34. The van der Waals surface area contributed by atoms with Crippen LogP contribution in [0, 0.1) is 0 Å². The van der Waals surface area contributed by atoms with Crippen molar-refractivity contribution in [2.75, 3.05) is 42.7 Å². The van der Waals surface area contributed by atoms with Crippen molar-refractivity contribution < 1.29 is 8.42 Å². The first kappa shape index (κ1) is 22.3. The fraction of sp³-hybridized carbons (Fsp3) is 0.476. The van der Waals surface area contributed by atoms with Crippen molar-refractivity contribution in [3.63, 3.8) is 0 Å². The van der Waals surface area contributed by atoms with Crippen molar-refractivity contribution >= 4 is 38.5 Å². The van der Waals surface area contributed by atoms with Crippen LogP contribution in [0.25, 0.3) is 11.2 Å². The molecule has 3 aromatic rings. The lowest BCUT2D eigenvalue weighted by atomic mass is 10.2. The Labute approximate surface area is 187 Å². The highest BCUT2D eigenvalue weighted by atomic mass is 32.2. The second-order valence-corrected chi connectivity index (χ2v) is 10.0. The largest absolute Gasteiger partial charge is 0.369 e. The number of hydrogen-bond acceptors (Lipinski definition) is 7. The van der Waals surface area contributed by atoms with Crippen molar-refractivity contribution in [1.29, 1.82) is 0 Å². The molecule has 0 spiro atoms. The smallest absolute Gasteiger partial charge is 0.327 e. The predicted molar refractivity (Wildman–Crippen MR) is 126 cm³/mol. The Balaban J connectivity index is 1.49. The summed E-state index contributed by atoms with van der Waals surface area (Å²) >= 11 is 0. The molecule has 4 rings (SSSR count). The zero-order valence-electron chi connectivity index (χ0n) is 18.6. The Morgan fingerprint density at radius 1 is 1.09 bits per heavy atom. The van der Waals surface area contributed by atoms with Crippen LogP contribution in [-0.2, 0) is 10.0 Å². The lowest BCUT2D eigenvalue weighted by Crippen LogP contribution is -2.48. The van der Waals surface area contributed by atoms with Crippen molar-refractivity contribution in [1.82, 2.24) is 23.8 Å². The van der Waals surface area contributed by atoms with E-state index in [1.165, 1.54) is 10.6 Å². The number of aromatic amines is 1. The Kier molecular flexibility index (Phi) is 6.20. The summed E-state index contributed by atoms with van der Waals surface area (Å²) in [6.45, 7) is 6.40. The molecule has 1 saturated heterocycles. The van der Waals surface area contributed by atoms with Gasteiger partial charge >= 0.3 is 5.69 Å². The van der Waals surface area contributed by atoms with E-state index < -0.39 is 10.0 Å². The Hall–Kier alpha value is -2.92. The minimum Gasteiger partial charge on any atom is -0.369 e. The van der Waals surface area contributed by atoms with Gasteiger partial charge in [0, 0.05) is 43.6 Å². The first-order valence-corrected chi connectivity index (χ1v) is 12.7. The summed E-state index contributed by atoms with van der Waals surface area (Å²) in [6.07, 6.45) is 4.56. The summed E-state index contributed by atoms with van der Waals surface area (Å²) in [4.78, 5) is 26.3. The quantitative estimate of drug-likeness (QED) is 0.557. The van der Waals surface area contributed by atoms with Crippen LogP contribution in [0.2, 0.25) is 0 Å². The van der Waals surface area contributed by atoms with Gasteiger partial charge in [-0.15, -0.1) is 0 Å². The monoisotopic (exact) mass is 459 g/mol. The molecule has 172 valence electrons. The number of fused-ring (bicyclic) bond motifs is 1. The highest BCUT2D eigenvalue weighted by Gasteiger charge is 2.23. The van der Waals surface area contributed by atoms with Crippen LogP contribution in [0.1, 0.15) is 32.7 Å². The van der Waals surface area contributed by atoms with Gasteiger partial charge in [0.15, 0.2) is 5.65 Å². The number of nitrogens with zero attached hydrogens (tertiary/aromatic N) is 5. The van der Waals surface area contributed by atoms with E-state index in [2.05, 4.69) is 39.0 Å². The van der Waals surface area contributed by atoms with Crippen LogP contribution in [-0.4, -0.2) is 64.7 Å². The van der Waals surface area contributed by atoms with E-state index in [0.29, 0.717) is 43.3 Å². The molecular formula is C21H29N7O3S. The van der Waals surface area contributed by atoms with Crippen LogP contribution in [0.15, 0.2) is 35.3 Å². The third-order valence-corrected chi connectivity index (χ3v) is 7.26. The Morgan fingerprint density at radius 3 is 2.34 bits per heavy atom. The summed E-state index contributed by atoms with van der Waals surface area (Å²) < 4.78 is 26.6. The zero-order valence-corrected chi connectivity index (χ0v) is 19.4. The lowest BCUT2D eigenvalue weighted by molar-refractivity contribution is 0.388. The van der Waals surface area contributed by atoms with Crippen molar-refractivity contribution in [3.05, 3.63) is 40.9 Å². The van der Waals surface area contributed by atoms with Gasteiger partial charge in [0.2, 0.25) is 16.0 Å². The van der Waals surface area contributed by atoms with Gasteiger partial charge < -0.3 is 15.2 Å². The number of H-pyrrole nitrogens is 1. The number of nitrogens with one attached hydrogen (secondary N) is 2. The number of piperazine rings is 1. The molecule has 1 aliphatic rings. The van der Waals surface area contributed by atoms with Crippen molar-refractivity contribution in [2.45, 2.75) is 32.7 Å². The maximum absolute atomic E-state index is 12.4. The molecule has 2 N–H and O–H groups in total. The van der Waals surface area contributed by atoms with Crippen LogP contribution in [0.5, 0.6) is 0 Å². The third-order valence-electron chi connectivity index (χ3n) is 5.96. The molecule has 1 aliphatic heterocycles. The fourth-order valence-electron chi connectivity index (χ4n) is 4.13. The number of rotatable bonds is 7. The fourth-order valence-corrected chi connectivity index (χ4v) is 4.96. The maximum atomic E-state index is 12.4. The summed E-state index contributed by atoms with van der Waals surface area (Å²) in [6, 6.07) is 7.95. The molecule has 32 heavy (non-hydrogen) atoms. The molecule has 10 nitrogen and oxygen atoms in total. The topological polar surface area (TPSA) is 116 Å². The van der Waals surface area contributed by atoms with Gasteiger partial charge in [0.1, 0.15) is 5.52 Å². The Bertz CT molecular complexity index is 1240. The molecule has 0 amide bonds. The molecule has 0 radical (unpaired) electrons. The number of aromatic nitrogens is 4. The van der Waals surface area contributed by atoms with Gasteiger partial charge in [-0.25, -0.2) is 18.2 Å². The summed E-state index contributed by atoms with van der Waals surface area (Å²) in [5.41, 5.74) is 2.92. The van der Waals surface area contributed by atoms with Crippen molar-refractivity contribution in [3.8, 4) is 0 Å². The van der Waals surface area contributed by atoms with E-state index in [4.69, 9.17) is 0 Å². The predicted octanol–water partition coefficient (Wildman–Crippen LogP) is 2.31. The van der Waals surface area contributed by atoms with Gasteiger partial charge in [-0.2, -0.15) is 9.29 Å². The van der Waals surface area contributed by atoms with E-state index in [1.807, 2.05) is 24.3 Å². The number of anilines is 3. The molecule has 0 atom stereocenters. The summed E-state index contributed by atoms with van der Waals surface area (Å²) in [5.74, 6) is 0.422. The average Bonchev–Trinajstić information content (AvgIpc) is 3.10. The Morgan fingerprint density at radius 2 is 1.75 bits per heavy atom. The van der Waals surface area contributed by atoms with Gasteiger partial charge in [0.25, 0.3) is 0 Å². The van der Waals surface area contributed by atoms with Crippen LogP contribution < -0.4 is 15.9 Å². The first-order chi connectivity index (χ1) is 15.3. The average molecular weight is 460 g/mol. The number of imidazole rings is 1. The number of sulfonamides is 1. The molecule has 0 saturated carbocycles. The highest BCUT2D eigenvalue weighted by Crippen LogP contribution is 2.23. The van der Waals surface area contributed by atoms with Crippen LogP contribution in [0.3, 0.4) is 0 Å². The molecule has 1 fully saturated rings. The molecule has 11 heteroatoms. The van der Waals surface area contributed by atoms with Crippen LogP contribution >= 0.6 is 0 Å². The van der Waals surface area contributed by atoms with Gasteiger partial charge in [0.05, 0.1) is 12.5 Å². The SMILES string of the molecule is CCC(CC)n1c(=O)[nH]c2cnc(Nc3ccc(N4CCN(S(C)(=O)=O)CC4)cc3)nc21. The number of hydrogen-bond donors (Lipinski definition) is 2. The molecule has 0 unspecified atom stereocenters. The van der Waals surface area contributed by atoms with E-state index >= 15 is 0 Å². The number of benzene rings is 1. The van der Waals surface area contributed by atoms with Crippen LogP contribution in [0.4, 0.5) is 17.3 Å². The molecule has 3 heterocycles. The van der Waals surface area contributed by atoms with Crippen molar-refractivity contribution in [2.24, 2.45) is 0 Å². The van der Waals surface area contributed by atoms with Gasteiger partial charge in [-0.3, -0.25) is 4.57 Å². The van der Waals surface area contributed by atoms with Gasteiger partial charge in [-0.1, -0.05) is 13.8 Å². The van der Waals surface area contributed by atoms with E-state index in [1.54, 1.807) is 10.8 Å². The minimum absolute atomic E-state index is 0.0847. The second-order valence-electron chi connectivity index (χ2n) is 8.02. The molecular weight excluding hydrogens is 430 g/mol. The second kappa shape index (κ2) is 8.91. The first-order valence-electron chi connectivity index (χ1n) is 10.8. The normalized spacial score (nSPS) is 15.6. The standard InChI is InChI=1S/C21H29N7O3S/c1-4-16(5-2)28-19-18(24-21(28)29)14-22-20(25-19)23-15-6-8-17(9-7-15)26-10-12-27(13-11-26)32(3,30)31/h6-9,14,16H,4-5,10-13H2,1-3H3,(H,24,29)(H,22,23,25). The van der Waals surface area contributed by atoms with E-state index in [9.17, 15) is 13.2 Å². The summed E-state index contributed by atoms with van der Waals surface area (Å²) in [5, 5.41) is 3.21. The molecule has 0 aliphatic carbocycles. The molecule has 0 bridgehead atoms. The van der Waals surface area contributed by atoms with E-state index in [-0.39, 0.29) is 11.7 Å². The van der Waals surface area contributed by atoms with E-state index in [0.717, 1.165) is 24.2 Å². The van der Waals surface area contributed by atoms with Gasteiger partial charge in [-0.05, 0) is 37.1 Å². The maximum Gasteiger partial charge on any atom is 0.327 e. The highest BCUT2D eigenvalue weighted by molar-refractivity contribution is 7.88. The minimum atomic E-state index is -3.14. The summed E-state index contributed by atoms with van der Waals surface area (Å²) in [7, 11) is -3.14. The molecule has 1 aromatic carbocycles. The zero-order chi connectivity index (χ0) is 22.9. The molecule has 2 aromatic heterocycles. The third kappa shape index (κ3) is 4.49.